The van der Waals surface area contributed by atoms with Crippen molar-refractivity contribution in [3.05, 3.63) is 29.8 Å². The first-order chi connectivity index (χ1) is 9.44. The van der Waals surface area contributed by atoms with E-state index in [9.17, 15) is 8.42 Å². The van der Waals surface area contributed by atoms with E-state index in [1.165, 1.54) is 0 Å². The molecule has 2 rings (SSSR count). The van der Waals surface area contributed by atoms with Gasteiger partial charge in [-0.3, -0.25) is 0 Å². The minimum absolute atomic E-state index is 0.231. The molecule has 0 unspecified atom stereocenters. The molecule has 0 aliphatic carbocycles. The molecular weight excluding hydrogens is 344 g/mol. The van der Waals surface area contributed by atoms with Gasteiger partial charge in [0.15, 0.2) is 9.84 Å². The molecule has 0 N–H and O–H groups in total. The Morgan fingerprint density at radius 3 is 2.30 bits per heavy atom. The summed E-state index contributed by atoms with van der Waals surface area (Å²) in [6, 6.07) is 7.28. The Kier molecular flexibility index (Phi) is 4.76. The molecule has 1 aromatic rings. The summed E-state index contributed by atoms with van der Waals surface area (Å²) in [6.45, 7) is 4.47. The van der Waals surface area contributed by atoms with Gasteiger partial charge in [-0.05, 0) is 31.5 Å². The van der Waals surface area contributed by atoms with Crippen LogP contribution >= 0.6 is 15.9 Å². The van der Waals surface area contributed by atoms with E-state index in [0.29, 0.717) is 6.61 Å². The molecule has 20 heavy (non-hydrogen) atoms. The van der Waals surface area contributed by atoms with Crippen LogP contribution in [-0.4, -0.2) is 38.8 Å². The third kappa shape index (κ3) is 2.61. The largest absolute Gasteiger partial charge is 0.493 e. The van der Waals surface area contributed by atoms with Crippen molar-refractivity contribution in [2.45, 2.75) is 23.8 Å². The predicted octanol–water partition coefficient (Wildman–Crippen LogP) is 2.51. The first kappa shape index (κ1) is 15.8. The number of rotatable bonds is 6. The van der Waals surface area contributed by atoms with Crippen LogP contribution in [0.2, 0.25) is 0 Å². The van der Waals surface area contributed by atoms with E-state index in [4.69, 9.17) is 9.47 Å². The Balaban J connectivity index is 2.29. The Bertz CT molecular complexity index is 547. The fourth-order valence-corrected chi connectivity index (χ4v) is 4.27. The first-order valence-electron chi connectivity index (χ1n) is 6.54. The number of alkyl halides is 1. The van der Waals surface area contributed by atoms with E-state index in [2.05, 4.69) is 15.9 Å². The lowest BCUT2D eigenvalue weighted by Crippen LogP contribution is -2.55. The van der Waals surface area contributed by atoms with Crippen molar-refractivity contribution in [1.82, 2.24) is 0 Å². The lowest BCUT2D eigenvalue weighted by atomic mass is 9.96. The summed E-state index contributed by atoms with van der Waals surface area (Å²) in [5.41, 5.74) is 0.781. The van der Waals surface area contributed by atoms with Crippen molar-refractivity contribution in [3.63, 3.8) is 0 Å². The van der Waals surface area contributed by atoms with Crippen molar-refractivity contribution in [2.24, 2.45) is 0 Å². The quantitative estimate of drug-likeness (QED) is 0.729. The molecule has 1 aliphatic rings. The van der Waals surface area contributed by atoms with Gasteiger partial charge in [-0.1, -0.05) is 28.1 Å². The molecule has 0 spiro atoms. The summed E-state index contributed by atoms with van der Waals surface area (Å²) >= 11 is 3.29. The van der Waals surface area contributed by atoms with E-state index < -0.39 is 19.8 Å². The first-order valence-corrected chi connectivity index (χ1v) is 9.21. The van der Waals surface area contributed by atoms with Crippen molar-refractivity contribution in [3.8, 4) is 5.75 Å². The van der Waals surface area contributed by atoms with Crippen molar-refractivity contribution in [2.75, 3.05) is 25.2 Å². The zero-order valence-corrected chi connectivity index (χ0v) is 14.0. The number of hydrogen-bond acceptors (Lipinski definition) is 4. The average molecular weight is 363 g/mol. The van der Waals surface area contributed by atoms with Gasteiger partial charge in [-0.2, -0.15) is 0 Å². The maximum Gasteiger partial charge on any atom is 0.167 e. The van der Waals surface area contributed by atoms with Gasteiger partial charge in [0.25, 0.3) is 0 Å². The topological polar surface area (TPSA) is 52.6 Å². The molecule has 0 amide bonds. The molecule has 1 saturated heterocycles. The number of halogens is 1. The Hall–Kier alpha value is -0.590. The summed E-state index contributed by atoms with van der Waals surface area (Å²) in [5.74, 6) is 0.741. The van der Waals surface area contributed by atoms with Crippen LogP contribution in [0, 0.1) is 0 Å². The normalized spacial score (nSPS) is 17.8. The third-order valence-corrected chi connectivity index (χ3v) is 6.69. The van der Waals surface area contributed by atoms with Gasteiger partial charge in [-0.15, -0.1) is 0 Å². The van der Waals surface area contributed by atoms with Crippen LogP contribution in [0.1, 0.15) is 19.4 Å². The van der Waals surface area contributed by atoms with Gasteiger partial charge < -0.3 is 9.47 Å². The second-order valence-electron chi connectivity index (χ2n) is 5.14. The molecule has 112 valence electrons. The molecule has 0 aromatic heterocycles. The molecular formula is C14H19BrO4S. The van der Waals surface area contributed by atoms with Crippen molar-refractivity contribution in [1.29, 1.82) is 0 Å². The minimum atomic E-state index is -3.26. The lowest BCUT2D eigenvalue weighted by Gasteiger charge is -2.42. The summed E-state index contributed by atoms with van der Waals surface area (Å²) in [5, 5.41) is 0.338. The van der Waals surface area contributed by atoms with Crippen LogP contribution in [-0.2, 0) is 19.3 Å². The molecule has 6 heteroatoms. The summed E-state index contributed by atoms with van der Waals surface area (Å²) in [6.07, 6.45) is 0. The van der Waals surface area contributed by atoms with Crippen molar-refractivity contribution < 1.29 is 17.9 Å². The molecule has 1 aliphatic heterocycles. The maximum absolute atomic E-state index is 12.6. The molecule has 1 heterocycles. The van der Waals surface area contributed by atoms with Gasteiger partial charge in [-0.25, -0.2) is 8.42 Å². The third-order valence-electron chi connectivity index (χ3n) is 3.56. The van der Waals surface area contributed by atoms with Crippen LogP contribution < -0.4 is 4.74 Å². The Morgan fingerprint density at radius 1 is 1.30 bits per heavy atom. The fraction of sp³-hybridized carbons (Fsp3) is 0.571. The lowest BCUT2D eigenvalue weighted by molar-refractivity contribution is -0.0162. The SMILES string of the molecule is CC(C)S(=O)(=O)C1(c2ccc(OCCBr)cc2)COC1. The number of ether oxygens (including phenoxy) is 2. The second-order valence-corrected chi connectivity index (χ2v) is 8.75. The van der Waals surface area contributed by atoms with Gasteiger partial charge >= 0.3 is 0 Å². The molecule has 1 aromatic carbocycles. The smallest absolute Gasteiger partial charge is 0.167 e. The summed E-state index contributed by atoms with van der Waals surface area (Å²) in [4.78, 5) is 0. The van der Waals surface area contributed by atoms with E-state index in [1.807, 2.05) is 24.3 Å². The molecule has 4 nitrogen and oxygen atoms in total. The minimum Gasteiger partial charge on any atom is -0.493 e. The van der Waals surface area contributed by atoms with Crippen LogP contribution in [0.3, 0.4) is 0 Å². The van der Waals surface area contributed by atoms with E-state index in [-0.39, 0.29) is 13.2 Å². The Labute approximate surface area is 128 Å². The molecule has 0 radical (unpaired) electrons. The van der Waals surface area contributed by atoms with Gasteiger partial charge in [0.05, 0.1) is 25.1 Å². The average Bonchev–Trinajstić information content (AvgIpc) is 2.36. The summed E-state index contributed by atoms with van der Waals surface area (Å²) < 4.78 is 34.9. The van der Waals surface area contributed by atoms with Gasteiger partial charge in [0.1, 0.15) is 10.5 Å². The maximum atomic E-state index is 12.6. The van der Waals surface area contributed by atoms with Crippen LogP contribution in [0.4, 0.5) is 0 Å². The Morgan fingerprint density at radius 2 is 1.90 bits per heavy atom. The van der Waals surface area contributed by atoms with Crippen molar-refractivity contribution >= 4 is 25.8 Å². The highest BCUT2D eigenvalue weighted by molar-refractivity contribution is 9.09. The van der Waals surface area contributed by atoms with E-state index >= 15 is 0 Å². The molecule has 1 fully saturated rings. The zero-order valence-electron chi connectivity index (χ0n) is 11.6. The number of hydrogen-bond donors (Lipinski definition) is 0. The van der Waals surface area contributed by atoms with Crippen LogP contribution in [0.5, 0.6) is 5.75 Å². The van der Waals surface area contributed by atoms with Crippen LogP contribution in [0.15, 0.2) is 24.3 Å². The van der Waals surface area contributed by atoms with Gasteiger partial charge in [0, 0.05) is 5.33 Å². The highest BCUT2D eigenvalue weighted by Gasteiger charge is 2.52. The molecule has 0 bridgehead atoms. The highest BCUT2D eigenvalue weighted by atomic mass is 79.9. The van der Waals surface area contributed by atoms with E-state index in [1.54, 1.807) is 13.8 Å². The van der Waals surface area contributed by atoms with Crippen LogP contribution in [0.25, 0.3) is 0 Å². The molecule has 0 atom stereocenters. The number of sulfone groups is 1. The molecule has 0 saturated carbocycles. The van der Waals surface area contributed by atoms with Gasteiger partial charge in [0.2, 0.25) is 0 Å². The number of benzene rings is 1. The highest BCUT2D eigenvalue weighted by Crippen LogP contribution is 2.40. The monoisotopic (exact) mass is 362 g/mol. The van der Waals surface area contributed by atoms with E-state index in [0.717, 1.165) is 16.6 Å². The fourth-order valence-electron chi connectivity index (χ4n) is 2.25. The summed E-state index contributed by atoms with van der Waals surface area (Å²) in [7, 11) is -3.26. The standard InChI is InChI=1S/C14H19BrO4S/c1-11(2)20(16,17)14(9-18-10-14)12-3-5-13(6-4-12)19-8-7-15/h3-6,11H,7-10H2,1-2H3. The second kappa shape index (κ2) is 6.03. The predicted molar refractivity (Wildman–Crippen MR) is 82.3 cm³/mol. The zero-order chi connectivity index (χ0) is 14.8.